The van der Waals surface area contributed by atoms with E-state index in [1.165, 1.54) is 69.5 Å². The van der Waals surface area contributed by atoms with Crippen LogP contribution in [0.1, 0.15) is 86.4 Å². The van der Waals surface area contributed by atoms with Crippen LogP contribution in [-0.2, 0) is 0 Å². The van der Waals surface area contributed by atoms with Crippen molar-refractivity contribution in [2.75, 3.05) is 0 Å². The first-order valence-corrected chi connectivity index (χ1v) is 16.5. The number of aromatic nitrogens is 1. The summed E-state index contributed by atoms with van der Waals surface area (Å²) in [5.74, 6) is 0. The van der Waals surface area contributed by atoms with Crippen LogP contribution < -0.4 is 0 Å². The summed E-state index contributed by atoms with van der Waals surface area (Å²) in [6.45, 7) is 31.4. The van der Waals surface area contributed by atoms with Crippen molar-refractivity contribution >= 4 is 33.4 Å². The minimum atomic E-state index is 1.17. The number of rotatable bonds is 0. The smallest absolute Gasteiger partial charge is 0.0899 e. The average molecular weight is 590 g/mol. The second-order valence-electron chi connectivity index (χ2n) is 9.74. The van der Waals surface area contributed by atoms with Gasteiger partial charge in [-0.2, -0.15) is 0 Å². The van der Waals surface area contributed by atoms with E-state index in [9.17, 15) is 0 Å². The molecule has 0 fully saturated rings. The normalized spacial score (nSPS) is 9.34. The number of benzene rings is 3. The Morgan fingerprint density at radius 2 is 0.805 bits per heavy atom. The average Bonchev–Trinajstić information content (AvgIpc) is 3.40. The molecule has 5 rings (SSSR count). The SMILES string of the molecule is CC.CC.Cc1ccc(C)c2ccccc12.Cc1ccc(C)cc1.Cc1nc(C)c(C)s1.Cc1sc(C)c(C)c1C. The summed E-state index contributed by atoms with van der Waals surface area (Å²) in [5, 5.41) is 3.91. The third-order valence-electron chi connectivity index (χ3n) is 6.64. The Morgan fingerprint density at radius 1 is 0.439 bits per heavy atom. The Bertz CT molecular complexity index is 1320. The van der Waals surface area contributed by atoms with Gasteiger partial charge >= 0.3 is 0 Å². The highest BCUT2D eigenvalue weighted by molar-refractivity contribution is 7.12. The molecule has 3 heteroatoms. The van der Waals surface area contributed by atoms with Crippen LogP contribution in [-0.4, -0.2) is 4.98 Å². The topological polar surface area (TPSA) is 12.9 Å². The predicted molar refractivity (Wildman–Crippen MR) is 192 cm³/mol. The molecule has 0 aliphatic heterocycles. The van der Waals surface area contributed by atoms with Crippen molar-refractivity contribution in [2.45, 2.75) is 104 Å². The van der Waals surface area contributed by atoms with Crippen LogP contribution in [0, 0.1) is 76.2 Å². The van der Waals surface area contributed by atoms with Gasteiger partial charge in [-0.3, -0.25) is 0 Å². The summed E-state index contributed by atoms with van der Waals surface area (Å²) >= 11 is 3.65. The number of thiophene rings is 1. The molecule has 0 atom stereocenters. The highest BCUT2D eigenvalue weighted by Crippen LogP contribution is 2.25. The molecule has 2 aromatic heterocycles. The van der Waals surface area contributed by atoms with E-state index in [1.807, 2.05) is 52.9 Å². The van der Waals surface area contributed by atoms with Crippen LogP contribution >= 0.6 is 22.7 Å². The van der Waals surface area contributed by atoms with E-state index in [0.29, 0.717) is 0 Å². The standard InChI is InChI=1S/C12H12.C8H12S.C8H10.C6H9NS.2C2H6/c1-9-7-8-10(2)12-6-4-3-5-11(9)12;1-5-6(2)8(4)9-7(5)3;1-7-3-5-8(2)6-4-7;1-4-5(2)8-6(3)7-4;2*1-2/h3-8H,1-2H3;1-4H3;3-6H,1-2H3;1-3H3;2*1-2H3. The van der Waals surface area contributed by atoms with Crippen molar-refractivity contribution in [3.05, 3.63) is 119 Å². The van der Waals surface area contributed by atoms with Gasteiger partial charge in [0.25, 0.3) is 0 Å². The zero-order valence-corrected chi connectivity index (χ0v) is 30.2. The third-order valence-corrected chi connectivity index (χ3v) is 8.85. The number of nitrogens with zero attached hydrogens (tertiary/aromatic N) is 1. The molecule has 0 saturated carbocycles. The van der Waals surface area contributed by atoms with E-state index in [4.69, 9.17) is 0 Å². The van der Waals surface area contributed by atoms with E-state index in [0.717, 1.165) is 0 Å². The number of thiazole rings is 1. The summed E-state index contributed by atoms with van der Waals surface area (Å²) in [5.41, 5.74) is 9.49. The predicted octanol–water partition coefficient (Wildman–Crippen LogP) is 12.9. The summed E-state index contributed by atoms with van der Waals surface area (Å²) in [4.78, 5) is 8.49. The summed E-state index contributed by atoms with van der Waals surface area (Å²) in [7, 11) is 0. The summed E-state index contributed by atoms with van der Waals surface area (Å²) in [6, 6.07) is 21.4. The molecule has 2 heterocycles. The van der Waals surface area contributed by atoms with Gasteiger partial charge in [0.15, 0.2) is 0 Å². The van der Waals surface area contributed by atoms with Crippen LogP contribution in [0.4, 0.5) is 0 Å². The molecule has 3 aromatic carbocycles. The van der Waals surface area contributed by atoms with Gasteiger partial charge in [-0.05, 0) is 109 Å². The van der Waals surface area contributed by atoms with Crippen molar-refractivity contribution in [2.24, 2.45) is 0 Å². The molecular formula is C38H55NS2. The highest BCUT2D eigenvalue weighted by atomic mass is 32.1. The molecule has 224 valence electrons. The molecule has 0 radical (unpaired) electrons. The van der Waals surface area contributed by atoms with Crippen LogP contribution in [0.15, 0.2) is 60.7 Å². The van der Waals surface area contributed by atoms with Gasteiger partial charge in [0, 0.05) is 14.6 Å². The third kappa shape index (κ3) is 13.2. The van der Waals surface area contributed by atoms with Gasteiger partial charge in [0.05, 0.1) is 10.7 Å². The molecular weight excluding hydrogens is 535 g/mol. The molecule has 5 aromatic rings. The highest BCUT2D eigenvalue weighted by Gasteiger charge is 2.02. The van der Waals surface area contributed by atoms with E-state index in [-0.39, 0.29) is 0 Å². The maximum atomic E-state index is 4.23. The van der Waals surface area contributed by atoms with Crippen molar-refractivity contribution in [3.63, 3.8) is 0 Å². The Hall–Kier alpha value is -2.75. The number of hydrogen-bond donors (Lipinski definition) is 0. The minimum Gasteiger partial charge on any atom is -0.247 e. The van der Waals surface area contributed by atoms with Crippen LogP contribution in [0.5, 0.6) is 0 Å². The van der Waals surface area contributed by atoms with Crippen LogP contribution in [0.3, 0.4) is 0 Å². The van der Waals surface area contributed by atoms with Crippen LogP contribution in [0.25, 0.3) is 10.8 Å². The fourth-order valence-electron chi connectivity index (χ4n) is 3.78. The molecule has 0 bridgehead atoms. The largest absolute Gasteiger partial charge is 0.247 e. The Labute approximate surface area is 260 Å². The lowest BCUT2D eigenvalue weighted by Crippen LogP contribution is -1.80. The quantitative estimate of drug-likeness (QED) is 0.175. The Kier molecular flexibility index (Phi) is 18.8. The van der Waals surface area contributed by atoms with Gasteiger partial charge in [-0.15, -0.1) is 22.7 Å². The molecule has 41 heavy (non-hydrogen) atoms. The lowest BCUT2D eigenvalue weighted by molar-refractivity contribution is 1.18. The van der Waals surface area contributed by atoms with E-state index in [2.05, 4.69) is 128 Å². The fraction of sp³-hybridized carbons (Fsp3) is 0.395. The van der Waals surface area contributed by atoms with Crippen molar-refractivity contribution in [1.29, 1.82) is 0 Å². The molecule has 0 aliphatic rings. The molecule has 0 saturated heterocycles. The summed E-state index contributed by atoms with van der Waals surface area (Å²) in [6.07, 6.45) is 0. The second kappa shape index (κ2) is 20.2. The van der Waals surface area contributed by atoms with Gasteiger partial charge < -0.3 is 0 Å². The maximum absolute atomic E-state index is 4.23. The first kappa shape index (κ1) is 38.2. The van der Waals surface area contributed by atoms with E-state index < -0.39 is 0 Å². The zero-order valence-electron chi connectivity index (χ0n) is 28.5. The summed E-state index contributed by atoms with van der Waals surface area (Å²) < 4.78 is 0. The maximum Gasteiger partial charge on any atom is 0.0899 e. The van der Waals surface area contributed by atoms with Crippen molar-refractivity contribution in [3.8, 4) is 0 Å². The van der Waals surface area contributed by atoms with Crippen LogP contribution in [0.2, 0.25) is 0 Å². The van der Waals surface area contributed by atoms with Gasteiger partial charge in [0.1, 0.15) is 0 Å². The fourth-order valence-corrected chi connectivity index (χ4v) is 5.67. The molecule has 0 spiro atoms. The van der Waals surface area contributed by atoms with Crippen molar-refractivity contribution in [1.82, 2.24) is 4.98 Å². The molecule has 0 amide bonds. The lowest BCUT2D eigenvalue weighted by atomic mass is 10.0. The zero-order chi connectivity index (χ0) is 31.7. The van der Waals surface area contributed by atoms with Gasteiger partial charge in [0.2, 0.25) is 0 Å². The molecule has 0 unspecified atom stereocenters. The minimum absolute atomic E-state index is 1.17. The van der Waals surface area contributed by atoms with Crippen molar-refractivity contribution < 1.29 is 0 Å². The number of hydrogen-bond acceptors (Lipinski definition) is 3. The first-order valence-electron chi connectivity index (χ1n) is 14.8. The molecule has 0 N–H and O–H groups in total. The molecule has 1 nitrogen and oxygen atoms in total. The Balaban J connectivity index is 0.000000506. The number of aryl methyl sites for hydroxylation is 9. The monoisotopic (exact) mass is 589 g/mol. The number of fused-ring (bicyclic) bond motifs is 1. The first-order chi connectivity index (χ1) is 19.4. The molecule has 0 aliphatic carbocycles. The Morgan fingerprint density at radius 3 is 1.02 bits per heavy atom. The van der Waals surface area contributed by atoms with Gasteiger partial charge in [-0.25, -0.2) is 4.98 Å². The van der Waals surface area contributed by atoms with E-state index in [1.54, 1.807) is 11.3 Å². The lowest BCUT2D eigenvalue weighted by Gasteiger charge is -2.03. The van der Waals surface area contributed by atoms with Gasteiger partial charge in [-0.1, -0.05) is 99.5 Å². The second-order valence-corrected chi connectivity index (χ2v) is 12.6. The van der Waals surface area contributed by atoms with E-state index >= 15 is 0 Å².